The number of methoxy groups -OCH3 is 1. The summed E-state index contributed by atoms with van der Waals surface area (Å²) in [6.45, 7) is 0. The van der Waals surface area contributed by atoms with Crippen LogP contribution in [0, 0.1) is 5.82 Å². The molecule has 3 rings (SSSR count). The number of halogens is 1. The van der Waals surface area contributed by atoms with Gasteiger partial charge in [0.1, 0.15) is 5.82 Å². The van der Waals surface area contributed by atoms with Crippen molar-refractivity contribution < 1.29 is 18.4 Å². The maximum Gasteiger partial charge on any atom is 0.337 e. The Balaban J connectivity index is 1.85. The molecule has 2 aromatic rings. The lowest BCUT2D eigenvalue weighted by Crippen LogP contribution is -2.09. The van der Waals surface area contributed by atoms with Gasteiger partial charge < -0.3 is 9.26 Å². The summed E-state index contributed by atoms with van der Waals surface area (Å²) in [6, 6.07) is 5.81. The molecule has 0 aliphatic heterocycles. The molecule has 6 heteroatoms. The normalized spacial score (nSPS) is 17.2. The van der Waals surface area contributed by atoms with Gasteiger partial charge >= 0.3 is 5.97 Å². The van der Waals surface area contributed by atoms with Gasteiger partial charge in [-0.3, -0.25) is 0 Å². The molecule has 0 saturated heterocycles. The number of carbonyl (C=O) groups excluding carboxylic acids is 1. The zero-order chi connectivity index (χ0) is 15.5. The minimum atomic E-state index is -0.400. The zero-order valence-electron chi connectivity index (χ0n) is 11.8. The molecule has 1 aliphatic carbocycles. The molecular weight excluding hydrogens is 287 g/mol. The van der Waals surface area contributed by atoms with E-state index < -0.39 is 5.97 Å². The maximum absolute atomic E-state index is 12.9. The minimum absolute atomic E-state index is 0.156. The van der Waals surface area contributed by atoms with E-state index in [4.69, 9.17) is 9.26 Å². The van der Waals surface area contributed by atoms with Crippen LogP contribution in [-0.4, -0.2) is 23.2 Å². The largest absolute Gasteiger partial charge is 0.465 e. The first kappa shape index (κ1) is 14.2. The molecule has 1 heterocycles. The van der Waals surface area contributed by atoms with Gasteiger partial charge in [-0.05, 0) is 30.7 Å². The summed E-state index contributed by atoms with van der Waals surface area (Å²) < 4.78 is 22.8. The Morgan fingerprint density at radius 1 is 1.36 bits per heavy atom. The van der Waals surface area contributed by atoms with E-state index in [-0.39, 0.29) is 11.7 Å². The summed E-state index contributed by atoms with van der Waals surface area (Å²) in [6.07, 6.45) is 6.00. The summed E-state index contributed by atoms with van der Waals surface area (Å²) in [5, 5.41) is 3.95. The smallest absolute Gasteiger partial charge is 0.337 e. The van der Waals surface area contributed by atoms with E-state index in [2.05, 4.69) is 10.1 Å². The van der Waals surface area contributed by atoms with Crippen LogP contribution in [0.5, 0.6) is 0 Å². The monoisotopic (exact) mass is 300 g/mol. The molecule has 0 bridgehead atoms. The summed E-state index contributed by atoms with van der Waals surface area (Å²) in [7, 11) is 1.33. The van der Waals surface area contributed by atoms with Crippen molar-refractivity contribution >= 4 is 5.97 Å². The van der Waals surface area contributed by atoms with Crippen LogP contribution < -0.4 is 0 Å². The van der Waals surface area contributed by atoms with Crippen molar-refractivity contribution in [2.45, 2.75) is 12.3 Å². The van der Waals surface area contributed by atoms with Gasteiger partial charge in [0, 0.05) is 11.5 Å². The van der Waals surface area contributed by atoms with Crippen LogP contribution in [0.1, 0.15) is 18.2 Å². The van der Waals surface area contributed by atoms with E-state index in [0.29, 0.717) is 29.3 Å². The molecule has 1 aromatic heterocycles. The van der Waals surface area contributed by atoms with Gasteiger partial charge in [-0.15, -0.1) is 0 Å². The third-order valence-corrected chi connectivity index (χ3v) is 3.35. The number of ether oxygens (including phenoxy) is 1. The first-order valence-electron chi connectivity index (χ1n) is 6.73. The van der Waals surface area contributed by atoms with E-state index in [1.54, 1.807) is 24.3 Å². The van der Waals surface area contributed by atoms with Gasteiger partial charge in [-0.2, -0.15) is 4.98 Å². The molecule has 0 spiro atoms. The SMILES string of the molecule is COC(=O)C1=CC(c2noc(-c3ccc(F)cc3)n2)CC=C1. The number of esters is 1. The molecular formula is C16H13FN2O3. The van der Waals surface area contributed by atoms with Crippen LogP contribution in [0.4, 0.5) is 4.39 Å². The predicted molar refractivity (Wildman–Crippen MR) is 76.3 cm³/mol. The van der Waals surface area contributed by atoms with E-state index in [0.717, 1.165) is 0 Å². The Morgan fingerprint density at radius 2 is 2.14 bits per heavy atom. The van der Waals surface area contributed by atoms with E-state index in [9.17, 15) is 9.18 Å². The molecule has 0 radical (unpaired) electrons. The molecule has 112 valence electrons. The fraction of sp³-hybridized carbons (Fsp3) is 0.188. The van der Waals surface area contributed by atoms with Crippen molar-refractivity contribution in [3.8, 4) is 11.5 Å². The molecule has 5 nitrogen and oxygen atoms in total. The number of benzene rings is 1. The van der Waals surface area contributed by atoms with Gasteiger partial charge in [-0.25, -0.2) is 9.18 Å². The van der Waals surface area contributed by atoms with Crippen molar-refractivity contribution in [2.75, 3.05) is 7.11 Å². The predicted octanol–water partition coefficient (Wildman–Crippen LogP) is 3.02. The second-order valence-corrected chi connectivity index (χ2v) is 4.82. The maximum atomic E-state index is 12.9. The number of carbonyl (C=O) groups is 1. The Hall–Kier alpha value is -2.76. The molecule has 1 aliphatic rings. The lowest BCUT2D eigenvalue weighted by atomic mass is 9.95. The molecule has 22 heavy (non-hydrogen) atoms. The van der Waals surface area contributed by atoms with Crippen molar-refractivity contribution in [1.82, 2.24) is 10.1 Å². The van der Waals surface area contributed by atoms with Crippen LogP contribution >= 0.6 is 0 Å². The van der Waals surface area contributed by atoms with Crippen LogP contribution in [-0.2, 0) is 9.53 Å². The number of nitrogens with zero attached hydrogens (tertiary/aromatic N) is 2. The van der Waals surface area contributed by atoms with Crippen molar-refractivity contribution in [1.29, 1.82) is 0 Å². The number of hydrogen-bond donors (Lipinski definition) is 0. The average Bonchev–Trinajstić information content (AvgIpc) is 3.05. The standard InChI is InChI=1S/C16H13FN2O3/c1-21-16(20)12-4-2-3-11(9-12)14-18-15(22-19-14)10-5-7-13(17)8-6-10/h2,4-9,11H,3H2,1H3. The number of hydrogen-bond acceptors (Lipinski definition) is 5. The number of rotatable bonds is 3. The Kier molecular flexibility index (Phi) is 3.82. The summed E-state index contributed by atoms with van der Waals surface area (Å²) >= 11 is 0. The molecule has 1 unspecified atom stereocenters. The van der Waals surface area contributed by atoms with Gasteiger partial charge in [0.2, 0.25) is 0 Å². The fourth-order valence-electron chi connectivity index (χ4n) is 2.21. The minimum Gasteiger partial charge on any atom is -0.465 e. The third-order valence-electron chi connectivity index (χ3n) is 3.35. The van der Waals surface area contributed by atoms with Crippen LogP contribution in [0.25, 0.3) is 11.5 Å². The summed E-state index contributed by atoms with van der Waals surface area (Å²) in [5.74, 6) is -0.0885. The summed E-state index contributed by atoms with van der Waals surface area (Å²) in [4.78, 5) is 15.9. The van der Waals surface area contributed by atoms with Gasteiger partial charge in [0.05, 0.1) is 12.7 Å². The topological polar surface area (TPSA) is 65.2 Å². The molecule has 1 aromatic carbocycles. The summed E-state index contributed by atoms with van der Waals surface area (Å²) in [5.41, 5.74) is 1.11. The van der Waals surface area contributed by atoms with Crippen LogP contribution in [0.15, 0.2) is 52.6 Å². The van der Waals surface area contributed by atoms with Crippen molar-refractivity contribution in [3.05, 3.63) is 59.7 Å². The van der Waals surface area contributed by atoms with Crippen molar-refractivity contribution in [3.63, 3.8) is 0 Å². The second-order valence-electron chi connectivity index (χ2n) is 4.82. The van der Waals surface area contributed by atoms with Gasteiger partial charge in [-0.1, -0.05) is 23.4 Å². The number of allylic oxidation sites excluding steroid dienone is 2. The highest BCUT2D eigenvalue weighted by Crippen LogP contribution is 2.27. The number of aromatic nitrogens is 2. The third kappa shape index (κ3) is 2.81. The van der Waals surface area contributed by atoms with Gasteiger partial charge in [0.25, 0.3) is 5.89 Å². The van der Waals surface area contributed by atoms with Crippen LogP contribution in [0.2, 0.25) is 0 Å². The quantitative estimate of drug-likeness (QED) is 0.815. The van der Waals surface area contributed by atoms with E-state index in [1.807, 2.05) is 6.08 Å². The van der Waals surface area contributed by atoms with Crippen LogP contribution in [0.3, 0.4) is 0 Å². The first-order valence-corrected chi connectivity index (χ1v) is 6.73. The highest BCUT2D eigenvalue weighted by molar-refractivity contribution is 5.91. The Morgan fingerprint density at radius 3 is 2.86 bits per heavy atom. The first-order chi connectivity index (χ1) is 10.7. The molecule has 1 atom stereocenters. The highest BCUT2D eigenvalue weighted by Gasteiger charge is 2.21. The lowest BCUT2D eigenvalue weighted by molar-refractivity contribution is -0.135. The molecule has 0 saturated carbocycles. The molecule has 0 fully saturated rings. The molecule has 0 N–H and O–H groups in total. The van der Waals surface area contributed by atoms with E-state index in [1.165, 1.54) is 19.2 Å². The van der Waals surface area contributed by atoms with E-state index >= 15 is 0 Å². The zero-order valence-corrected chi connectivity index (χ0v) is 11.8. The Labute approximate surface area is 126 Å². The highest BCUT2D eigenvalue weighted by atomic mass is 19.1. The Bertz CT molecular complexity index is 747. The fourth-order valence-corrected chi connectivity index (χ4v) is 2.21. The van der Waals surface area contributed by atoms with Crippen molar-refractivity contribution in [2.24, 2.45) is 0 Å². The second kappa shape index (κ2) is 5.93. The average molecular weight is 300 g/mol. The van der Waals surface area contributed by atoms with Gasteiger partial charge in [0.15, 0.2) is 5.82 Å². The molecule has 0 amide bonds. The lowest BCUT2D eigenvalue weighted by Gasteiger charge is -2.11.